The fraction of sp³-hybridized carbons (Fsp3) is 0.438. The molecule has 4 nitrogen and oxygen atoms in total. The molecule has 1 aromatic heterocycles. The molecule has 2 rings (SSSR count). The first-order chi connectivity index (χ1) is 9.72. The molecule has 20 heavy (non-hydrogen) atoms. The van der Waals surface area contributed by atoms with Crippen molar-refractivity contribution in [1.29, 1.82) is 0 Å². The molecule has 0 bridgehead atoms. The molecule has 0 fully saturated rings. The van der Waals surface area contributed by atoms with Crippen molar-refractivity contribution in [3.8, 4) is 0 Å². The topological polar surface area (TPSA) is 54.1 Å². The van der Waals surface area contributed by atoms with E-state index in [1.807, 2.05) is 31.2 Å². The number of fused-ring (bicyclic) bond motifs is 1. The first-order valence-corrected chi connectivity index (χ1v) is 7.17. The van der Waals surface area contributed by atoms with Gasteiger partial charge in [0.25, 0.3) is 0 Å². The van der Waals surface area contributed by atoms with Crippen LogP contribution in [0.1, 0.15) is 31.9 Å². The maximum Gasteiger partial charge on any atom is 0.250 e. The zero-order valence-electron chi connectivity index (χ0n) is 12.2. The fourth-order valence-electron chi connectivity index (χ4n) is 2.23. The molecular weight excluding hydrogens is 252 g/mol. The smallest absolute Gasteiger partial charge is 0.250 e. The summed E-state index contributed by atoms with van der Waals surface area (Å²) >= 11 is 0. The van der Waals surface area contributed by atoms with Crippen molar-refractivity contribution in [2.24, 2.45) is 0 Å². The third-order valence-corrected chi connectivity index (χ3v) is 3.28. The maximum absolute atomic E-state index is 11.9. The standard InChI is InChI=1S/C16H22N2O2/c1-3-4-7-10-20-11-15(19)18-16-12(2)17-14-9-6-5-8-13(14)16/h5-6,8-9,17H,3-4,7,10-11H2,1-2H3,(H,18,19). The number of H-pyrrole nitrogens is 1. The molecule has 0 spiro atoms. The number of aromatic nitrogens is 1. The molecule has 0 radical (unpaired) electrons. The number of rotatable bonds is 7. The van der Waals surface area contributed by atoms with E-state index in [2.05, 4.69) is 17.2 Å². The summed E-state index contributed by atoms with van der Waals surface area (Å²) in [6.45, 7) is 4.86. The number of carbonyl (C=O) groups excluding carboxylic acids is 1. The number of ether oxygens (including phenoxy) is 1. The van der Waals surface area contributed by atoms with E-state index >= 15 is 0 Å². The molecule has 0 aliphatic heterocycles. The SMILES string of the molecule is CCCCCOCC(=O)Nc1c(C)[nH]c2ccccc12. The third kappa shape index (κ3) is 3.61. The van der Waals surface area contributed by atoms with Crippen LogP contribution in [-0.4, -0.2) is 24.1 Å². The number of aryl methyl sites for hydroxylation is 1. The molecule has 2 N–H and O–H groups in total. The van der Waals surface area contributed by atoms with Gasteiger partial charge in [-0.3, -0.25) is 4.79 Å². The predicted octanol–water partition coefficient (Wildman–Crippen LogP) is 3.62. The van der Waals surface area contributed by atoms with E-state index in [1.165, 1.54) is 0 Å². The highest BCUT2D eigenvalue weighted by atomic mass is 16.5. The van der Waals surface area contributed by atoms with Gasteiger partial charge >= 0.3 is 0 Å². The Morgan fingerprint density at radius 1 is 1.30 bits per heavy atom. The van der Waals surface area contributed by atoms with E-state index in [4.69, 9.17) is 4.74 Å². The number of amides is 1. The summed E-state index contributed by atoms with van der Waals surface area (Å²) < 4.78 is 5.38. The average Bonchev–Trinajstić information content (AvgIpc) is 2.75. The van der Waals surface area contributed by atoms with E-state index in [-0.39, 0.29) is 12.5 Å². The summed E-state index contributed by atoms with van der Waals surface area (Å²) in [4.78, 5) is 15.1. The van der Waals surface area contributed by atoms with E-state index in [0.717, 1.165) is 41.5 Å². The Balaban J connectivity index is 1.91. The second-order valence-corrected chi connectivity index (χ2v) is 4.98. The molecule has 1 heterocycles. The Morgan fingerprint density at radius 2 is 2.10 bits per heavy atom. The highest BCUT2D eigenvalue weighted by molar-refractivity contribution is 6.03. The van der Waals surface area contributed by atoms with Crippen molar-refractivity contribution in [2.45, 2.75) is 33.1 Å². The van der Waals surface area contributed by atoms with E-state index in [0.29, 0.717) is 6.61 Å². The minimum atomic E-state index is -0.102. The van der Waals surface area contributed by atoms with Crippen molar-refractivity contribution in [3.63, 3.8) is 0 Å². The van der Waals surface area contributed by atoms with Crippen LogP contribution >= 0.6 is 0 Å². The predicted molar refractivity (Wildman–Crippen MR) is 82.0 cm³/mol. The first-order valence-electron chi connectivity index (χ1n) is 7.17. The van der Waals surface area contributed by atoms with Crippen LogP contribution < -0.4 is 5.32 Å². The first kappa shape index (κ1) is 14.6. The number of benzene rings is 1. The van der Waals surface area contributed by atoms with Gasteiger partial charge in [-0.25, -0.2) is 0 Å². The van der Waals surface area contributed by atoms with E-state index in [9.17, 15) is 4.79 Å². The van der Waals surface area contributed by atoms with Crippen LogP contribution in [0.3, 0.4) is 0 Å². The highest BCUT2D eigenvalue weighted by Crippen LogP contribution is 2.26. The number of hydrogen-bond donors (Lipinski definition) is 2. The summed E-state index contributed by atoms with van der Waals surface area (Å²) in [5.74, 6) is -0.102. The lowest BCUT2D eigenvalue weighted by Gasteiger charge is -2.06. The molecule has 108 valence electrons. The van der Waals surface area contributed by atoms with E-state index < -0.39 is 0 Å². The molecule has 0 saturated heterocycles. The number of unbranched alkanes of at least 4 members (excludes halogenated alkanes) is 2. The van der Waals surface area contributed by atoms with Crippen LogP contribution in [0.25, 0.3) is 10.9 Å². The number of carbonyl (C=O) groups is 1. The summed E-state index contributed by atoms with van der Waals surface area (Å²) in [7, 11) is 0. The second-order valence-electron chi connectivity index (χ2n) is 4.98. The monoisotopic (exact) mass is 274 g/mol. The van der Waals surface area contributed by atoms with Crippen molar-refractivity contribution >= 4 is 22.5 Å². The zero-order valence-corrected chi connectivity index (χ0v) is 12.2. The van der Waals surface area contributed by atoms with Crippen LogP contribution in [0, 0.1) is 6.92 Å². The summed E-state index contributed by atoms with van der Waals surface area (Å²) in [6.07, 6.45) is 3.31. The lowest BCUT2D eigenvalue weighted by molar-refractivity contribution is -0.120. The Bertz CT molecular complexity index is 575. The van der Waals surface area contributed by atoms with Crippen LogP contribution in [0.15, 0.2) is 24.3 Å². The lowest BCUT2D eigenvalue weighted by Crippen LogP contribution is -2.19. The summed E-state index contributed by atoms with van der Waals surface area (Å²) in [5.41, 5.74) is 2.84. The summed E-state index contributed by atoms with van der Waals surface area (Å²) in [6, 6.07) is 7.93. The number of para-hydroxylation sites is 1. The minimum Gasteiger partial charge on any atom is -0.372 e. The molecule has 1 aromatic carbocycles. The van der Waals surface area contributed by atoms with Crippen molar-refractivity contribution in [2.75, 3.05) is 18.5 Å². The molecule has 0 aliphatic carbocycles. The van der Waals surface area contributed by atoms with Gasteiger partial charge in [0, 0.05) is 23.2 Å². The molecule has 0 saturated carbocycles. The molecule has 2 aromatic rings. The fourth-order valence-corrected chi connectivity index (χ4v) is 2.23. The Labute approximate surface area is 119 Å². The van der Waals surface area contributed by atoms with Gasteiger partial charge in [-0.15, -0.1) is 0 Å². The Hall–Kier alpha value is -1.81. The molecule has 4 heteroatoms. The molecule has 0 atom stereocenters. The van der Waals surface area contributed by atoms with Crippen molar-refractivity contribution < 1.29 is 9.53 Å². The van der Waals surface area contributed by atoms with Gasteiger partial charge < -0.3 is 15.0 Å². The van der Waals surface area contributed by atoms with Gasteiger partial charge in [-0.2, -0.15) is 0 Å². The van der Waals surface area contributed by atoms with Crippen LogP contribution in [0.5, 0.6) is 0 Å². The molecule has 0 aliphatic rings. The molecule has 0 unspecified atom stereocenters. The number of aromatic amines is 1. The number of anilines is 1. The Morgan fingerprint density at radius 3 is 2.90 bits per heavy atom. The number of hydrogen-bond acceptors (Lipinski definition) is 2. The second kappa shape index (κ2) is 7.10. The van der Waals surface area contributed by atoms with Crippen molar-refractivity contribution in [3.05, 3.63) is 30.0 Å². The molecular formula is C16H22N2O2. The quantitative estimate of drug-likeness (QED) is 0.758. The van der Waals surface area contributed by atoms with Gasteiger partial charge in [0.2, 0.25) is 5.91 Å². The average molecular weight is 274 g/mol. The number of nitrogens with one attached hydrogen (secondary N) is 2. The van der Waals surface area contributed by atoms with Gasteiger partial charge in [0.15, 0.2) is 0 Å². The van der Waals surface area contributed by atoms with Crippen LogP contribution in [-0.2, 0) is 9.53 Å². The normalized spacial score (nSPS) is 10.9. The van der Waals surface area contributed by atoms with Gasteiger partial charge in [-0.05, 0) is 19.4 Å². The Kier molecular flexibility index (Phi) is 5.18. The van der Waals surface area contributed by atoms with E-state index in [1.54, 1.807) is 0 Å². The minimum absolute atomic E-state index is 0.102. The maximum atomic E-state index is 11.9. The van der Waals surface area contributed by atoms with Gasteiger partial charge in [0.1, 0.15) is 6.61 Å². The molecule has 1 amide bonds. The van der Waals surface area contributed by atoms with Crippen LogP contribution in [0.4, 0.5) is 5.69 Å². The van der Waals surface area contributed by atoms with Gasteiger partial charge in [-0.1, -0.05) is 38.0 Å². The largest absolute Gasteiger partial charge is 0.372 e. The third-order valence-electron chi connectivity index (χ3n) is 3.28. The summed E-state index contributed by atoms with van der Waals surface area (Å²) in [5, 5.41) is 3.96. The highest BCUT2D eigenvalue weighted by Gasteiger charge is 2.10. The lowest BCUT2D eigenvalue weighted by atomic mass is 10.2. The van der Waals surface area contributed by atoms with Crippen LogP contribution in [0.2, 0.25) is 0 Å². The van der Waals surface area contributed by atoms with Gasteiger partial charge in [0.05, 0.1) is 5.69 Å². The van der Waals surface area contributed by atoms with Crippen molar-refractivity contribution in [1.82, 2.24) is 4.98 Å². The zero-order chi connectivity index (χ0) is 14.4.